The molecule has 1 aromatic carbocycles. The van der Waals surface area contributed by atoms with Gasteiger partial charge in [-0.25, -0.2) is 13.4 Å². The van der Waals surface area contributed by atoms with Crippen LogP contribution in [0.2, 0.25) is 0 Å². The summed E-state index contributed by atoms with van der Waals surface area (Å²) in [6, 6.07) is 8.62. The third-order valence-electron chi connectivity index (χ3n) is 2.49. The van der Waals surface area contributed by atoms with Gasteiger partial charge in [0.1, 0.15) is 5.71 Å². The van der Waals surface area contributed by atoms with E-state index in [1.165, 1.54) is 0 Å². The Bertz CT molecular complexity index is 565. The highest BCUT2D eigenvalue weighted by Gasteiger charge is 2.46. The van der Waals surface area contributed by atoms with Gasteiger partial charge in [-0.05, 0) is 12.1 Å². The van der Waals surface area contributed by atoms with Crippen molar-refractivity contribution < 1.29 is 13.3 Å². The summed E-state index contributed by atoms with van der Waals surface area (Å²) in [6.45, 7) is 0. The van der Waals surface area contributed by atoms with Crippen LogP contribution in [0.3, 0.4) is 0 Å². The third-order valence-corrected chi connectivity index (χ3v) is 4.39. The molecular weight excluding hydrogens is 244 g/mol. The summed E-state index contributed by atoms with van der Waals surface area (Å²) in [5.74, 6) is -0.204. The lowest BCUT2D eigenvalue weighted by atomic mass is 10.2. The third kappa shape index (κ3) is 2.33. The first kappa shape index (κ1) is 11.7. The molecule has 7 heteroatoms. The van der Waals surface area contributed by atoms with Crippen LogP contribution in [0.1, 0.15) is 6.42 Å². The van der Waals surface area contributed by atoms with Crippen molar-refractivity contribution in [1.82, 2.24) is 0 Å². The van der Waals surface area contributed by atoms with E-state index in [1.54, 1.807) is 30.3 Å². The van der Waals surface area contributed by atoms with Crippen molar-refractivity contribution in [2.45, 2.75) is 11.8 Å². The van der Waals surface area contributed by atoms with E-state index < -0.39 is 20.1 Å². The molecule has 0 aliphatic carbocycles. The van der Waals surface area contributed by atoms with Crippen molar-refractivity contribution in [3.05, 3.63) is 40.4 Å². The molecule has 1 saturated heterocycles. The number of sulfone groups is 1. The Labute approximate surface area is 98.1 Å². The van der Waals surface area contributed by atoms with Crippen LogP contribution in [0.25, 0.3) is 0 Å². The number of hydrogen-bond donors (Lipinski definition) is 0. The highest BCUT2D eigenvalue weighted by atomic mass is 32.2. The van der Waals surface area contributed by atoms with E-state index in [0.717, 1.165) is 0 Å². The molecule has 6 nitrogen and oxygen atoms in total. The van der Waals surface area contributed by atoms with E-state index in [-0.39, 0.29) is 17.9 Å². The molecule has 0 bridgehead atoms. The lowest BCUT2D eigenvalue weighted by Gasteiger charge is -2.02. The minimum atomic E-state index is -3.69. The van der Waals surface area contributed by atoms with Gasteiger partial charge >= 0.3 is 5.37 Å². The lowest BCUT2D eigenvalue weighted by molar-refractivity contribution is -0.478. The fourth-order valence-corrected chi connectivity index (χ4v) is 3.29. The summed E-state index contributed by atoms with van der Waals surface area (Å²) in [6.07, 6.45) is 0.128. The number of aliphatic imine (C=N–C) groups is 1. The lowest BCUT2D eigenvalue weighted by Crippen LogP contribution is -2.31. The number of nitro groups is 1. The SMILES string of the molecule is O=[N+]([O-])C1C(=Nc2ccccc2)CCS1(=O)=O. The summed E-state index contributed by atoms with van der Waals surface area (Å²) in [5, 5.41) is 9.09. The van der Waals surface area contributed by atoms with Crippen molar-refractivity contribution in [2.75, 3.05) is 5.75 Å². The minimum absolute atomic E-state index is 0.112. The first-order valence-electron chi connectivity index (χ1n) is 4.98. The molecule has 1 aromatic rings. The summed E-state index contributed by atoms with van der Waals surface area (Å²) in [7, 11) is -3.69. The number of rotatable bonds is 2. The first-order chi connectivity index (χ1) is 8.00. The van der Waals surface area contributed by atoms with Gasteiger partial charge in [0, 0.05) is 11.3 Å². The second-order valence-corrected chi connectivity index (χ2v) is 5.87. The fourth-order valence-electron chi connectivity index (χ4n) is 1.72. The van der Waals surface area contributed by atoms with Crippen molar-refractivity contribution in [1.29, 1.82) is 0 Å². The Balaban J connectivity index is 2.41. The summed E-state index contributed by atoms with van der Waals surface area (Å²) < 4.78 is 23.0. The molecule has 0 spiro atoms. The molecule has 0 N–H and O–H groups in total. The van der Waals surface area contributed by atoms with E-state index in [1.807, 2.05) is 0 Å². The predicted molar refractivity (Wildman–Crippen MR) is 62.7 cm³/mol. The normalized spacial score (nSPS) is 24.9. The second kappa shape index (κ2) is 4.25. The summed E-state index contributed by atoms with van der Waals surface area (Å²) in [5.41, 5.74) is 0.646. The molecule has 0 radical (unpaired) electrons. The average molecular weight is 254 g/mol. The van der Waals surface area contributed by atoms with Crippen molar-refractivity contribution in [2.24, 2.45) is 4.99 Å². The van der Waals surface area contributed by atoms with Gasteiger partial charge in [0.25, 0.3) is 0 Å². The standard InChI is InChI=1S/C10H10N2O4S/c13-12(14)10-9(6-7-17(10,15)16)11-8-4-2-1-3-5-8/h1-5,10H,6-7H2. The van der Waals surface area contributed by atoms with Crippen LogP contribution in [0.15, 0.2) is 35.3 Å². The molecule has 0 aromatic heterocycles. The Morgan fingerprint density at radius 3 is 2.53 bits per heavy atom. The molecule has 1 heterocycles. The number of benzene rings is 1. The van der Waals surface area contributed by atoms with Gasteiger partial charge in [0.2, 0.25) is 9.84 Å². The van der Waals surface area contributed by atoms with Crippen LogP contribution in [0, 0.1) is 10.1 Å². The molecule has 2 rings (SSSR count). The van der Waals surface area contributed by atoms with Gasteiger partial charge in [-0.15, -0.1) is 0 Å². The molecule has 1 aliphatic heterocycles. The maximum Gasteiger partial charge on any atom is 0.348 e. The van der Waals surface area contributed by atoms with Crippen molar-refractivity contribution in [3.63, 3.8) is 0 Å². The van der Waals surface area contributed by atoms with E-state index in [0.29, 0.717) is 5.69 Å². The molecule has 1 unspecified atom stereocenters. The fraction of sp³-hybridized carbons (Fsp3) is 0.300. The van der Waals surface area contributed by atoms with Crippen LogP contribution >= 0.6 is 0 Å². The molecular formula is C10H10N2O4S. The number of para-hydroxylation sites is 1. The van der Waals surface area contributed by atoms with Gasteiger partial charge < -0.3 is 0 Å². The van der Waals surface area contributed by atoms with Crippen LogP contribution in [0.4, 0.5) is 5.69 Å². The zero-order chi connectivity index (χ0) is 12.5. The average Bonchev–Trinajstić information content (AvgIpc) is 2.55. The second-order valence-electron chi connectivity index (χ2n) is 3.69. The Kier molecular flexibility index (Phi) is 2.93. The van der Waals surface area contributed by atoms with Gasteiger partial charge in [-0.3, -0.25) is 10.1 Å². The molecule has 0 amide bonds. The van der Waals surface area contributed by atoms with Crippen molar-refractivity contribution in [3.8, 4) is 0 Å². The summed E-state index contributed by atoms with van der Waals surface area (Å²) in [4.78, 5) is 14.0. The van der Waals surface area contributed by atoms with E-state index in [9.17, 15) is 18.5 Å². The Morgan fingerprint density at radius 1 is 1.29 bits per heavy atom. The topological polar surface area (TPSA) is 89.6 Å². The summed E-state index contributed by atoms with van der Waals surface area (Å²) >= 11 is 0. The van der Waals surface area contributed by atoms with E-state index in [4.69, 9.17) is 0 Å². The van der Waals surface area contributed by atoms with E-state index >= 15 is 0 Å². The predicted octanol–water partition coefficient (Wildman–Crippen LogP) is 1.18. The van der Waals surface area contributed by atoms with Gasteiger partial charge in [-0.2, -0.15) is 0 Å². The van der Waals surface area contributed by atoms with Gasteiger partial charge in [0.15, 0.2) is 0 Å². The zero-order valence-electron chi connectivity index (χ0n) is 8.81. The van der Waals surface area contributed by atoms with E-state index in [2.05, 4.69) is 4.99 Å². The maximum absolute atomic E-state index is 11.5. The van der Waals surface area contributed by atoms with Crippen molar-refractivity contribution >= 4 is 21.2 Å². The molecule has 17 heavy (non-hydrogen) atoms. The van der Waals surface area contributed by atoms with Gasteiger partial charge in [0.05, 0.1) is 11.4 Å². The molecule has 0 saturated carbocycles. The largest absolute Gasteiger partial charge is 0.348 e. The monoisotopic (exact) mass is 254 g/mol. The molecule has 1 fully saturated rings. The quantitative estimate of drug-likeness (QED) is 0.585. The molecule has 90 valence electrons. The smallest absolute Gasteiger partial charge is 0.263 e. The Hall–Kier alpha value is -1.76. The van der Waals surface area contributed by atoms with Gasteiger partial charge in [-0.1, -0.05) is 18.2 Å². The zero-order valence-corrected chi connectivity index (χ0v) is 9.63. The van der Waals surface area contributed by atoms with Crippen LogP contribution in [-0.4, -0.2) is 30.2 Å². The first-order valence-corrected chi connectivity index (χ1v) is 6.70. The minimum Gasteiger partial charge on any atom is -0.263 e. The van der Waals surface area contributed by atoms with Crippen LogP contribution in [-0.2, 0) is 9.84 Å². The molecule has 1 atom stereocenters. The number of nitrogens with zero attached hydrogens (tertiary/aromatic N) is 2. The highest BCUT2D eigenvalue weighted by molar-refractivity contribution is 7.93. The number of hydrogen-bond acceptors (Lipinski definition) is 5. The highest BCUT2D eigenvalue weighted by Crippen LogP contribution is 2.22. The van der Waals surface area contributed by atoms with Crippen LogP contribution < -0.4 is 0 Å². The Morgan fingerprint density at radius 2 is 1.94 bits per heavy atom. The molecule has 1 aliphatic rings. The maximum atomic E-state index is 11.5. The van der Waals surface area contributed by atoms with Crippen LogP contribution in [0.5, 0.6) is 0 Å².